The van der Waals surface area contributed by atoms with Crippen LogP contribution in [0.25, 0.3) is 22.2 Å². The fourth-order valence-corrected chi connectivity index (χ4v) is 4.02. The first kappa shape index (κ1) is 23.1. The van der Waals surface area contributed by atoms with E-state index in [0.29, 0.717) is 33.5 Å². The number of fused-ring (bicyclic) bond motifs is 1. The molecule has 0 fully saturated rings. The predicted molar refractivity (Wildman–Crippen MR) is 141 cm³/mol. The molecule has 5 aromatic rings. The minimum Gasteiger partial charge on any atom is -0.322 e. The first-order chi connectivity index (χ1) is 17.6. The zero-order valence-electron chi connectivity index (χ0n) is 19.2. The first-order valence-electron chi connectivity index (χ1n) is 11.0. The maximum Gasteiger partial charge on any atom is 0.257 e. The van der Waals surface area contributed by atoms with Gasteiger partial charge in [0, 0.05) is 46.9 Å². The second-order valence-corrected chi connectivity index (χ2v) is 8.50. The summed E-state index contributed by atoms with van der Waals surface area (Å²) in [6.07, 6.45) is 6.64. The molecule has 2 amide bonds. The maximum absolute atomic E-state index is 13.1. The summed E-state index contributed by atoms with van der Waals surface area (Å²) >= 11 is 1.38. The molecule has 0 atom stereocenters. The molecule has 0 saturated heterocycles. The Morgan fingerprint density at radius 3 is 2.36 bits per heavy atom. The number of anilines is 2. The van der Waals surface area contributed by atoms with E-state index in [1.54, 1.807) is 55.0 Å². The van der Waals surface area contributed by atoms with E-state index in [1.807, 2.05) is 42.7 Å². The van der Waals surface area contributed by atoms with Gasteiger partial charge in [-0.1, -0.05) is 42.1 Å². The molecule has 0 saturated carbocycles. The van der Waals surface area contributed by atoms with Gasteiger partial charge in [-0.3, -0.25) is 19.6 Å². The van der Waals surface area contributed by atoms with Crippen LogP contribution in [-0.2, 0) is 0 Å². The summed E-state index contributed by atoms with van der Waals surface area (Å²) in [5.41, 5.74) is 3.90. The lowest BCUT2D eigenvalue weighted by Gasteiger charge is -2.11. The summed E-state index contributed by atoms with van der Waals surface area (Å²) < 4.78 is 0. The van der Waals surface area contributed by atoms with E-state index in [1.165, 1.54) is 11.8 Å². The van der Waals surface area contributed by atoms with Crippen molar-refractivity contribution >= 4 is 46.0 Å². The Labute approximate surface area is 211 Å². The molecule has 2 N–H and O–H groups in total. The minimum atomic E-state index is -0.278. The average molecular weight is 493 g/mol. The monoisotopic (exact) mass is 492 g/mol. The molecule has 9 heteroatoms. The van der Waals surface area contributed by atoms with Gasteiger partial charge >= 0.3 is 0 Å². The zero-order chi connectivity index (χ0) is 24.9. The van der Waals surface area contributed by atoms with Crippen LogP contribution >= 0.6 is 11.8 Å². The van der Waals surface area contributed by atoms with Crippen molar-refractivity contribution < 1.29 is 9.59 Å². The van der Waals surface area contributed by atoms with Gasteiger partial charge in [0.1, 0.15) is 5.82 Å². The summed E-state index contributed by atoms with van der Waals surface area (Å²) in [5, 5.41) is 7.05. The topological polar surface area (TPSA) is 110 Å². The minimum absolute atomic E-state index is 0.217. The number of nitrogens with zero attached hydrogens (tertiary/aromatic N) is 4. The van der Waals surface area contributed by atoms with Crippen molar-refractivity contribution in [2.24, 2.45) is 0 Å². The predicted octanol–water partition coefficient (Wildman–Crippen LogP) is 5.31. The Kier molecular flexibility index (Phi) is 6.63. The van der Waals surface area contributed by atoms with Gasteiger partial charge in [-0.05, 0) is 42.7 Å². The van der Waals surface area contributed by atoms with Crippen molar-refractivity contribution in [3.8, 4) is 11.3 Å². The number of benzene rings is 2. The van der Waals surface area contributed by atoms with Crippen molar-refractivity contribution in [3.05, 3.63) is 103 Å². The number of hydrogen-bond acceptors (Lipinski definition) is 7. The molecule has 3 aromatic heterocycles. The Bertz CT molecular complexity index is 1550. The Morgan fingerprint density at radius 2 is 1.58 bits per heavy atom. The standard InChI is InChI=1S/C27H20N6O2S/c1-36-27-31-23(17-6-8-19(9-7-17)30-25(34)18-10-13-28-14-11-18)16-24(33-27)32-26(35)21-12-15-29-22-5-3-2-4-20(21)22/h2-16H,1H3,(H,30,34)(H,31,32,33,35). The van der Waals surface area contributed by atoms with Crippen LogP contribution in [0.4, 0.5) is 11.5 Å². The molecule has 36 heavy (non-hydrogen) atoms. The smallest absolute Gasteiger partial charge is 0.257 e. The van der Waals surface area contributed by atoms with Crippen LogP contribution in [0.1, 0.15) is 20.7 Å². The molecule has 0 bridgehead atoms. The van der Waals surface area contributed by atoms with Crippen LogP contribution in [0.3, 0.4) is 0 Å². The number of aromatic nitrogens is 4. The molecular weight excluding hydrogens is 472 g/mol. The molecule has 176 valence electrons. The molecule has 0 aliphatic heterocycles. The van der Waals surface area contributed by atoms with E-state index in [4.69, 9.17) is 0 Å². The highest BCUT2D eigenvalue weighted by atomic mass is 32.2. The zero-order valence-corrected chi connectivity index (χ0v) is 20.0. The summed E-state index contributed by atoms with van der Waals surface area (Å²) in [6.45, 7) is 0. The van der Waals surface area contributed by atoms with E-state index in [-0.39, 0.29) is 11.8 Å². The quantitative estimate of drug-likeness (QED) is 0.244. The second-order valence-electron chi connectivity index (χ2n) is 7.72. The van der Waals surface area contributed by atoms with E-state index < -0.39 is 0 Å². The average Bonchev–Trinajstić information content (AvgIpc) is 2.93. The number of hydrogen-bond donors (Lipinski definition) is 2. The normalized spacial score (nSPS) is 10.7. The number of nitrogens with one attached hydrogen (secondary N) is 2. The van der Waals surface area contributed by atoms with Gasteiger partial charge in [0.05, 0.1) is 16.8 Å². The van der Waals surface area contributed by atoms with Crippen molar-refractivity contribution in [2.45, 2.75) is 5.16 Å². The Balaban J connectivity index is 1.38. The molecule has 0 unspecified atom stereocenters. The molecule has 2 aromatic carbocycles. The lowest BCUT2D eigenvalue weighted by molar-refractivity contribution is 0.101. The molecule has 5 rings (SSSR count). The number of carbonyl (C=O) groups excluding carboxylic acids is 2. The Hall–Kier alpha value is -4.63. The van der Waals surface area contributed by atoms with Crippen LogP contribution in [0.15, 0.2) is 96.5 Å². The summed E-state index contributed by atoms with van der Waals surface area (Å²) in [6, 6.07) is 21.5. The largest absolute Gasteiger partial charge is 0.322 e. The van der Waals surface area contributed by atoms with Gasteiger partial charge in [0.15, 0.2) is 5.16 Å². The van der Waals surface area contributed by atoms with Crippen LogP contribution in [0, 0.1) is 0 Å². The maximum atomic E-state index is 13.1. The molecular formula is C27H20N6O2S. The van der Waals surface area contributed by atoms with Gasteiger partial charge in [0.2, 0.25) is 0 Å². The summed E-state index contributed by atoms with van der Waals surface area (Å²) in [7, 11) is 0. The summed E-state index contributed by atoms with van der Waals surface area (Å²) in [4.78, 5) is 42.8. The third-order valence-corrected chi connectivity index (χ3v) is 5.95. The number of rotatable bonds is 6. The van der Waals surface area contributed by atoms with Crippen molar-refractivity contribution in [1.82, 2.24) is 19.9 Å². The second kappa shape index (κ2) is 10.3. The molecule has 0 aliphatic rings. The number of pyridine rings is 2. The third-order valence-electron chi connectivity index (χ3n) is 5.40. The van der Waals surface area contributed by atoms with Crippen LogP contribution in [0.2, 0.25) is 0 Å². The highest BCUT2D eigenvalue weighted by molar-refractivity contribution is 7.98. The van der Waals surface area contributed by atoms with E-state index >= 15 is 0 Å². The fourth-order valence-electron chi connectivity index (χ4n) is 3.64. The number of para-hydroxylation sites is 1. The highest BCUT2D eigenvalue weighted by Crippen LogP contribution is 2.25. The third kappa shape index (κ3) is 5.06. The van der Waals surface area contributed by atoms with Crippen LogP contribution in [-0.4, -0.2) is 38.0 Å². The molecule has 8 nitrogen and oxygen atoms in total. The van der Waals surface area contributed by atoms with Gasteiger partial charge in [-0.15, -0.1) is 0 Å². The lowest BCUT2D eigenvalue weighted by Crippen LogP contribution is -2.14. The summed E-state index contributed by atoms with van der Waals surface area (Å²) in [5.74, 6) is -0.102. The van der Waals surface area contributed by atoms with Crippen LogP contribution in [0.5, 0.6) is 0 Å². The van der Waals surface area contributed by atoms with E-state index in [0.717, 1.165) is 16.5 Å². The fraction of sp³-hybridized carbons (Fsp3) is 0.0370. The van der Waals surface area contributed by atoms with Crippen molar-refractivity contribution in [3.63, 3.8) is 0 Å². The SMILES string of the molecule is CSc1nc(NC(=O)c2ccnc3ccccc23)cc(-c2ccc(NC(=O)c3ccncc3)cc2)n1. The molecule has 0 radical (unpaired) electrons. The van der Waals surface area contributed by atoms with Crippen LogP contribution < -0.4 is 10.6 Å². The lowest BCUT2D eigenvalue weighted by atomic mass is 10.1. The van der Waals surface area contributed by atoms with Crippen molar-refractivity contribution in [2.75, 3.05) is 16.9 Å². The van der Waals surface area contributed by atoms with Gasteiger partial charge in [-0.25, -0.2) is 9.97 Å². The van der Waals surface area contributed by atoms with Gasteiger partial charge in [0.25, 0.3) is 11.8 Å². The number of thioether (sulfide) groups is 1. The molecule has 0 spiro atoms. The number of carbonyl (C=O) groups is 2. The Morgan fingerprint density at radius 1 is 0.806 bits per heavy atom. The van der Waals surface area contributed by atoms with Gasteiger partial charge < -0.3 is 10.6 Å². The number of amides is 2. The highest BCUT2D eigenvalue weighted by Gasteiger charge is 2.14. The molecule has 3 heterocycles. The molecule has 0 aliphatic carbocycles. The van der Waals surface area contributed by atoms with Gasteiger partial charge in [-0.2, -0.15) is 0 Å². The van der Waals surface area contributed by atoms with E-state index in [9.17, 15) is 9.59 Å². The first-order valence-corrected chi connectivity index (χ1v) is 12.2. The van der Waals surface area contributed by atoms with Crippen molar-refractivity contribution in [1.29, 1.82) is 0 Å². The van der Waals surface area contributed by atoms with E-state index in [2.05, 4.69) is 30.6 Å².